The Bertz CT molecular complexity index is 535. The highest BCUT2D eigenvalue weighted by Crippen LogP contribution is 2.23. The largest absolute Gasteiger partial charge is 0.377 e. The molecule has 1 unspecified atom stereocenters. The molecule has 1 atom stereocenters. The molecule has 20 heavy (non-hydrogen) atoms. The van der Waals surface area contributed by atoms with E-state index in [0.29, 0.717) is 25.3 Å². The van der Waals surface area contributed by atoms with Gasteiger partial charge in [0.15, 0.2) is 0 Å². The molecule has 7 heteroatoms. The van der Waals surface area contributed by atoms with Gasteiger partial charge in [-0.1, -0.05) is 6.92 Å². The number of morpholine rings is 1. The van der Waals surface area contributed by atoms with Crippen molar-refractivity contribution in [3.05, 3.63) is 37.4 Å². The molecule has 0 bridgehead atoms. The number of non-ortho nitro benzene ring substituents is 1. The molecule has 0 N–H and O–H groups in total. The first-order valence-corrected chi connectivity index (χ1v) is 7.45. The van der Waals surface area contributed by atoms with Crippen molar-refractivity contribution < 1.29 is 14.5 Å². The molecule has 0 aliphatic carbocycles. The molecule has 1 aromatic carbocycles. The second-order valence-electron chi connectivity index (χ2n) is 4.56. The first-order chi connectivity index (χ1) is 9.54. The summed E-state index contributed by atoms with van der Waals surface area (Å²) in [5.74, 6) is -0.159. The maximum absolute atomic E-state index is 12.6. The molecule has 0 saturated carbocycles. The van der Waals surface area contributed by atoms with E-state index in [2.05, 4.69) is 0 Å². The number of nitro benzene ring substituents is 1. The van der Waals surface area contributed by atoms with Gasteiger partial charge in [0.1, 0.15) is 0 Å². The number of halogens is 1. The third-order valence-corrected chi connectivity index (χ3v) is 4.29. The molecule has 1 aliphatic heterocycles. The summed E-state index contributed by atoms with van der Waals surface area (Å²) in [7, 11) is 0. The first-order valence-electron chi connectivity index (χ1n) is 6.37. The van der Waals surface area contributed by atoms with E-state index in [-0.39, 0.29) is 17.6 Å². The zero-order valence-electron chi connectivity index (χ0n) is 11.0. The smallest absolute Gasteiger partial charge is 0.270 e. The lowest BCUT2D eigenvalue weighted by molar-refractivity contribution is -0.384. The fraction of sp³-hybridized carbons (Fsp3) is 0.462. The van der Waals surface area contributed by atoms with Crippen molar-refractivity contribution in [3.63, 3.8) is 0 Å². The predicted octanol–water partition coefficient (Wildman–Crippen LogP) is 2.45. The van der Waals surface area contributed by atoms with Crippen LogP contribution in [-0.4, -0.2) is 41.5 Å². The van der Waals surface area contributed by atoms with Crippen molar-refractivity contribution in [1.82, 2.24) is 4.90 Å². The highest BCUT2D eigenvalue weighted by molar-refractivity contribution is 14.1. The molecule has 108 valence electrons. The maximum atomic E-state index is 12.6. The summed E-state index contributed by atoms with van der Waals surface area (Å²) >= 11 is 2.03. The van der Waals surface area contributed by atoms with E-state index in [1.807, 2.05) is 29.5 Å². The number of benzene rings is 1. The van der Waals surface area contributed by atoms with Gasteiger partial charge < -0.3 is 9.64 Å². The predicted molar refractivity (Wildman–Crippen MR) is 81.7 cm³/mol. The molecule has 0 spiro atoms. The highest BCUT2D eigenvalue weighted by atomic mass is 127. The van der Waals surface area contributed by atoms with Gasteiger partial charge in [-0.25, -0.2) is 0 Å². The molecule has 0 radical (unpaired) electrons. The van der Waals surface area contributed by atoms with Gasteiger partial charge >= 0.3 is 0 Å². The van der Waals surface area contributed by atoms with E-state index >= 15 is 0 Å². The van der Waals surface area contributed by atoms with Crippen LogP contribution in [0.25, 0.3) is 0 Å². The molecule has 1 heterocycles. The Morgan fingerprint density at radius 2 is 2.35 bits per heavy atom. The summed E-state index contributed by atoms with van der Waals surface area (Å²) in [6, 6.07) is 4.40. The zero-order chi connectivity index (χ0) is 14.7. The van der Waals surface area contributed by atoms with Crippen LogP contribution < -0.4 is 0 Å². The minimum atomic E-state index is -0.483. The van der Waals surface area contributed by atoms with Crippen molar-refractivity contribution in [2.45, 2.75) is 19.4 Å². The van der Waals surface area contributed by atoms with Gasteiger partial charge in [0.05, 0.1) is 29.7 Å². The number of hydrogen-bond donors (Lipinski definition) is 0. The monoisotopic (exact) mass is 390 g/mol. The first kappa shape index (κ1) is 15.2. The number of carbonyl (C=O) groups is 1. The number of ether oxygens (including phenoxy) is 1. The van der Waals surface area contributed by atoms with Crippen LogP contribution in [0, 0.1) is 13.7 Å². The van der Waals surface area contributed by atoms with E-state index in [1.54, 1.807) is 11.0 Å². The number of amides is 1. The van der Waals surface area contributed by atoms with Gasteiger partial charge in [-0.15, -0.1) is 0 Å². The van der Waals surface area contributed by atoms with Crippen molar-refractivity contribution in [2.75, 3.05) is 19.8 Å². The van der Waals surface area contributed by atoms with Crippen LogP contribution in [0.15, 0.2) is 18.2 Å². The number of nitrogens with zero attached hydrogens (tertiary/aromatic N) is 2. The van der Waals surface area contributed by atoms with Gasteiger partial charge in [0.2, 0.25) is 0 Å². The fourth-order valence-electron chi connectivity index (χ4n) is 2.21. The minimum Gasteiger partial charge on any atom is -0.377 e. The van der Waals surface area contributed by atoms with E-state index in [9.17, 15) is 14.9 Å². The lowest BCUT2D eigenvalue weighted by Gasteiger charge is -2.35. The molecule has 1 aliphatic rings. The van der Waals surface area contributed by atoms with E-state index in [0.717, 1.165) is 9.99 Å². The topological polar surface area (TPSA) is 72.7 Å². The summed E-state index contributed by atoms with van der Waals surface area (Å²) in [6.07, 6.45) is 0.803. The molecule has 6 nitrogen and oxygen atoms in total. The Morgan fingerprint density at radius 3 is 3.00 bits per heavy atom. The Hall–Kier alpha value is -1.22. The number of nitro groups is 1. The van der Waals surface area contributed by atoms with E-state index < -0.39 is 4.92 Å². The van der Waals surface area contributed by atoms with Crippen LogP contribution in [0.2, 0.25) is 0 Å². The molecular weight excluding hydrogens is 375 g/mol. The van der Waals surface area contributed by atoms with Crippen LogP contribution >= 0.6 is 22.6 Å². The lowest BCUT2D eigenvalue weighted by Crippen LogP contribution is -2.48. The fourth-order valence-corrected chi connectivity index (χ4v) is 2.77. The van der Waals surface area contributed by atoms with Crippen LogP contribution in [0.5, 0.6) is 0 Å². The van der Waals surface area contributed by atoms with Crippen LogP contribution in [-0.2, 0) is 4.74 Å². The lowest BCUT2D eigenvalue weighted by atomic mass is 10.1. The summed E-state index contributed by atoms with van der Waals surface area (Å²) < 4.78 is 6.10. The number of hydrogen-bond acceptors (Lipinski definition) is 4. The van der Waals surface area contributed by atoms with Crippen LogP contribution in [0.1, 0.15) is 23.7 Å². The molecule has 2 rings (SSSR count). The van der Waals surface area contributed by atoms with Gasteiger partial charge in [-0.05, 0) is 35.1 Å². The summed E-state index contributed by atoms with van der Waals surface area (Å²) in [4.78, 5) is 24.7. The second-order valence-corrected chi connectivity index (χ2v) is 5.72. The van der Waals surface area contributed by atoms with E-state index in [4.69, 9.17) is 4.74 Å². The average molecular weight is 390 g/mol. The third-order valence-electron chi connectivity index (χ3n) is 3.35. The van der Waals surface area contributed by atoms with Crippen LogP contribution in [0.3, 0.4) is 0 Å². The summed E-state index contributed by atoms with van der Waals surface area (Å²) in [5, 5.41) is 10.8. The number of carbonyl (C=O) groups excluding carboxylic acids is 1. The standard InChI is InChI=1S/C13H15IN2O4/c1-2-9-8-20-6-5-15(9)13(17)11-7-10(16(18)19)3-4-12(11)14/h3-4,7,9H,2,5-6,8H2,1H3. The Kier molecular flexibility index (Phi) is 4.92. The SMILES string of the molecule is CCC1COCCN1C(=O)c1cc([N+](=O)[O-])ccc1I. The van der Waals surface area contributed by atoms with Gasteiger partial charge in [0.25, 0.3) is 11.6 Å². The minimum absolute atomic E-state index is 0.0336. The Balaban J connectivity index is 2.32. The Morgan fingerprint density at radius 1 is 1.60 bits per heavy atom. The summed E-state index contributed by atoms with van der Waals surface area (Å²) in [5.41, 5.74) is 0.329. The molecular formula is C13H15IN2O4. The molecule has 1 fully saturated rings. The summed E-state index contributed by atoms with van der Waals surface area (Å²) in [6.45, 7) is 3.55. The molecule has 0 aromatic heterocycles. The van der Waals surface area contributed by atoms with Crippen molar-refractivity contribution in [1.29, 1.82) is 0 Å². The van der Waals surface area contributed by atoms with Crippen molar-refractivity contribution in [2.24, 2.45) is 0 Å². The van der Waals surface area contributed by atoms with Gasteiger partial charge in [-0.3, -0.25) is 14.9 Å². The van der Waals surface area contributed by atoms with Gasteiger partial charge in [0, 0.05) is 22.2 Å². The normalized spacial score (nSPS) is 18.9. The zero-order valence-corrected chi connectivity index (χ0v) is 13.2. The number of rotatable bonds is 3. The van der Waals surface area contributed by atoms with E-state index in [1.165, 1.54) is 12.1 Å². The maximum Gasteiger partial charge on any atom is 0.270 e. The average Bonchev–Trinajstić information content (AvgIpc) is 2.46. The molecule has 1 aromatic rings. The molecule has 1 amide bonds. The molecule has 1 saturated heterocycles. The second kappa shape index (κ2) is 6.49. The Labute approximate surface area is 130 Å². The van der Waals surface area contributed by atoms with Crippen LogP contribution in [0.4, 0.5) is 5.69 Å². The van der Waals surface area contributed by atoms with Gasteiger partial charge in [-0.2, -0.15) is 0 Å². The van der Waals surface area contributed by atoms with Crippen molar-refractivity contribution >= 4 is 34.2 Å². The quantitative estimate of drug-likeness (QED) is 0.452. The van der Waals surface area contributed by atoms with Crippen molar-refractivity contribution in [3.8, 4) is 0 Å². The highest BCUT2D eigenvalue weighted by Gasteiger charge is 2.28. The third kappa shape index (κ3) is 3.09.